The molecule has 0 bridgehead atoms. The molecule has 0 aromatic heterocycles. The molecule has 1 atom stereocenters. The van der Waals surface area contributed by atoms with Crippen LogP contribution in [0.2, 0.25) is 0 Å². The quantitative estimate of drug-likeness (QED) is 0.870. The largest absolute Gasteiger partial charge is 0.497 e. The average Bonchev–Trinajstić information content (AvgIpc) is 2.39. The first-order valence-corrected chi connectivity index (χ1v) is 5.80. The van der Waals surface area contributed by atoms with Gasteiger partial charge in [-0.15, -0.1) is 0 Å². The highest BCUT2D eigenvalue weighted by molar-refractivity contribution is 5.43. The molecule has 0 amide bonds. The first-order chi connectivity index (χ1) is 8.50. The number of nitrogens with one attached hydrogen (secondary N) is 1. The van der Waals surface area contributed by atoms with Crippen molar-refractivity contribution in [2.45, 2.75) is 19.9 Å². The van der Waals surface area contributed by atoms with Gasteiger partial charge < -0.3 is 14.8 Å². The summed E-state index contributed by atoms with van der Waals surface area (Å²) < 4.78 is 10.6. The Morgan fingerprint density at radius 2 is 1.94 bits per heavy atom. The van der Waals surface area contributed by atoms with Crippen LogP contribution in [0, 0.1) is 16.7 Å². The topological polar surface area (TPSA) is 54.3 Å². The lowest BCUT2D eigenvalue weighted by Gasteiger charge is -2.29. The minimum Gasteiger partial charge on any atom is -0.497 e. The van der Waals surface area contributed by atoms with Gasteiger partial charge in [0.25, 0.3) is 0 Å². The van der Waals surface area contributed by atoms with E-state index in [0.29, 0.717) is 0 Å². The van der Waals surface area contributed by atoms with E-state index in [2.05, 4.69) is 11.4 Å². The van der Waals surface area contributed by atoms with Gasteiger partial charge in [-0.3, -0.25) is 0 Å². The lowest BCUT2D eigenvalue weighted by atomic mass is 9.81. The van der Waals surface area contributed by atoms with Gasteiger partial charge in [0.05, 0.1) is 31.7 Å². The molecule has 0 radical (unpaired) electrons. The number of nitriles is 1. The first kappa shape index (κ1) is 14.3. The van der Waals surface area contributed by atoms with Crippen LogP contribution in [0.5, 0.6) is 11.5 Å². The fourth-order valence-electron chi connectivity index (χ4n) is 2.03. The zero-order valence-corrected chi connectivity index (χ0v) is 11.6. The molecule has 0 heterocycles. The highest BCUT2D eigenvalue weighted by Gasteiger charge is 2.32. The summed E-state index contributed by atoms with van der Waals surface area (Å²) >= 11 is 0. The molecule has 1 N–H and O–H groups in total. The van der Waals surface area contributed by atoms with Crippen LogP contribution in [0.4, 0.5) is 0 Å². The van der Waals surface area contributed by atoms with Gasteiger partial charge >= 0.3 is 0 Å². The summed E-state index contributed by atoms with van der Waals surface area (Å²) in [6.07, 6.45) is 0. The molecule has 98 valence electrons. The third-order valence-corrected chi connectivity index (χ3v) is 3.05. The highest BCUT2D eigenvalue weighted by atomic mass is 16.5. The Labute approximate surface area is 109 Å². The maximum Gasteiger partial charge on any atom is 0.123 e. The molecule has 4 heteroatoms. The van der Waals surface area contributed by atoms with Gasteiger partial charge in [-0.05, 0) is 39.1 Å². The van der Waals surface area contributed by atoms with Crippen LogP contribution in [-0.2, 0) is 0 Å². The van der Waals surface area contributed by atoms with E-state index >= 15 is 0 Å². The van der Waals surface area contributed by atoms with Crippen molar-refractivity contribution in [3.8, 4) is 17.6 Å². The molecule has 0 fully saturated rings. The minimum absolute atomic E-state index is 0.132. The molecular formula is C14H20N2O2. The van der Waals surface area contributed by atoms with Gasteiger partial charge in [-0.2, -0.15) is 5.26 Å². The molecule has 1 aromatic carbocycles. The average molecular weight is 248 g/mol. The Morgan fingerprint density at radius 3 is 2.39 bits per heavy atom. The van der Waals surface area contributed by atoms with Crippen molar-refractivity contribution in [2.24, 2.45) is 5.41 Å². The van der Waals surface area contributed by atoms with E-state index in [1.54, 1.807) is 14.2 Å². The molecule has 0 aliphatic heterocycles. The number of hydrogen-bond donors (Lipinski definition) is 1. The smallest absolute Gasteiger partial charge is 0.123 e. The van der Waals surface area contributed by atoms with Crippen LogP contribution in [0.15, 0.2) is 18.2 Å². The van der Waals surface area contributed by atoms with Gasteiger partial charge in [0.15, 0.2) is 0 Å². The summed E-state index contributed by atoms with van der Waals surface area (Å²) in [5.74, 6) is 1.50. The van der Waals surface area contributed by atoms with E-state index in [4.69, 9.17) is 9.47 Å². The number of nitrogens with zero attached hydrogens (tertiary/aromatic N) is 1. The highest BCUT2D eigenvalue weighted by Crippen LogP contribution is 2.38. The van der Waals surface area contributed by atoms with Crippen molar-refractivity contribution in [1.82, 2.24) is 5.32 Å². The van der Waals surface area contributed by atoms with Crippen LogP contribution in [0.25, 0.3) is 0 Å². The molecule has 1 rings (SSSR count). The molecule has 1 unspecified atom stereocenters. The number of methoxy groups -OCH3 is 2. The first-order valence-electron chi connectivity index (χ1n) is 5.80. The van der Waals surface area contributed by atoms with Crippen molar-refractivity contribution < 1.29 is 9.47 Å². The maximum atomic E-state index is 9.28. The fourth-order valence-corrected chi connectivity index (χ4v) is 2.03. The Balaban J connectivity index is 3.32. The summed E-state index contributed by atoms with van der Waals surface area (Å²) in [5.41, 5.74) is 0.375. The molecule has 0 aliphatic rings. The van der Waals surface area contributed by atoms with Crippen LogP contribution in [-0.4, -0.2) is 21.3 Å². The van der Waals surface area contributed by atoms with Crippen molar-refractivity contribution in [1.29, 1.82) is 5.26 Å². The molecule has 0 saturated carbocycles. The lowest BCUT2D eigenvalue weighted by molar-refractivity contribution is 0.324. The Morgan fingerprint density at radius 1 is 1.28 bits per heavy atom. The van der Waals surface area contributed by atoms with Crippen molar-refractivity contribution in [2.75, 3.05) is 21.3 Å². The molecule has 0 spiro atoms. The van der Waals surface area contributed by atoms with Crippen LogP contribution < -0.4 is 14.8 Å². The summed E-state index contributed by atoms with van der Waals surface area (Å²) in [4.78, 5) is 0. The summed E-state index contributed by atoms with van der Waals surface area (Å²) in [5, 5.41) is 12.5. The van der Waals surface area contributed by atoms with Gasteiger partial charge in [0.1, 0.15) is 11.5 Å². The van der Waals surface area contributed by atoms with Crippen molar-refractivity contribution >= 4 is 0 Å². The third-order valence-electron chi connectivity index (χ3n) is 3.05. The zero-order valence-electron chi connectivity index (χ0n) is 11.6. The number of hydrogen-bond acceptors (Lipinski definition) is 4. The van der Waals surface area contributed by atoms with E-state index in [9.17, 15) is 5.26 Å². The summed E-state index contributed by atoms with van der Waals surface area (Å²) in [6, 6.07) is 7.79. The predicted molar refractivity (Wildman–Crippen MR) is 70.7 cm³/mol. The molecule has 4 nitrogen and oxygen atoms in total. The monoisotopic (exact) mass is 248 g/mol. The lowest BCUT2D eigenvalue weighted by Crippen LogP contribution is -2.31. The molecule has 1 aromatic rings. The Kier molecular flexibility index (Phi) is 4.57. The Hall–Kier alpha value is -1.73. The van der Waals surface area contributed by atoms with Crippen molar-refractivity contribution in [3.63, 3.8) is 0 Å². The van der Waals surface area contributed by atoms with E-state index in [0.717, 1.165) is 17.1 Å². The second-order valence-electron chi connectivity index (χ2n) is 4.66. The van der Waals surface area contributed by atoms with Gasteiger partial charge in [0.2, 0.25) is 0 Å². The molecule has 0 saturated heterocycles. The van der Waals surface area contributed by atoms with Gasteiger partial charge in [-0.25, -0.2) is 0 Å². The van der Waals surface area contributed by atoms with E-state index in [-0.39, 0.29) is 6.04 Å². The van der Waals surface area contributed by atoms with Crippen LogP contribution >= 0.6 is 0 Å². The predicted octanol–water partition coefficient (Wildman–Crippen LogP) is 2.51. The number of rotatable bonds is 5. The van der Waals surface area contributed by atoms with Crippen LogP contribution in [0.3, 0.4) is 0 Å². The second kappa shape index (κ2) is 5.74. The third kappa shape index (κ3) is 2.74. The molecular weight excluding hydrogens is 228 g/mol. The van der Waals surface area contributed by atoms with E-state index < -0.39 is 5.41 Å². The Bertz CT molecular complexity index is 450. The van der Waals surface area contributed by atoms with Crippen molar-refractivity contribution in [3.05, 3.63) is 23.8 Å². The molecule has 18 heavy (non-hydrogen) atoms. The standard InChI is InChI=1S/C14H20N2O2/c1-14(2,9-15)13(16-3)11-8-10(17-4)6-7-12(11)18-5/h6-8,13,16H,1-5H3. The SMILES string of the molecule is CNC(c1cc(OC)ccc1OC)C(C)(C)C#N. The number of ether oxygens (including phenoxy) is 2. The minimum atomic E-state index is -0.547. The van der Waals surface area contributed by atoms with E-state index in [1.807, 2.05) is 39.1 Å². The fraction of sp³-hybridized carbons (Fsp3) is 0.500. The van der Waals surface area contributed by atoms with Crippen LogP contribution in [0.1, 0.15) is 25.5 Å². The second-order valence-corrected chi connectivity index (χ2v) is 4.66. The van der Waals surface area contributed by atoms with Gasteiger partial charge in [0, 0.05) is 5.56 Å². The molecule has 0 aliphatic carbocycles. The zero-order chi connectivity index (χ0) is 13.8. The van der Waals surface area contributed by atoms with Gasteiger partial charge in [-0.1, -0.05) is 0 Å². The summed E-state index contributed by atoms with van der Waals surface area (Å²) in [7, 11) is 5.08. The summed E-state index contributed by atoms with van der Waals surface area (Å²) in [6.45, 7) is 3.79. The normalized spacial score (nSPS) is 12.7. The maximum absolute atomic E-state index is 9.28. The van der Waals surface area contributed by atoms with E-state index in [1.165, 1.54) is 0 Å². The number of benzene rings is 1.